The lowest BCUT2D eigenvalue weighted by Crippen LogP contribution is -2.30. The highest BCUT2D eigenvalue weighted by Gasteiger charge is 2.09. The summed E-state index contributed by atoms with van der Waals surface area (Å²) in [5.74, 6) is 6.37. The Balaban J connectivity index is 2.72. The van der Waals surface area contributed by atoms with Crippen LogP contribution >= 0.6 is 0 Å². The Morgan fingerprint density at radius 1 is 1.30 bits per heavy atom. The van der Waals surface area contributed by atoms with Gasteiger partial charge in [0.2, 0.25) is 0 Å². The quantitative estimate of drug-likeness (QED) is 0.624. The average molecular weight is 309 g/mol. The number of hydrogen-bond donors (Lipinski definition) is 0. The molecule has 124 valence electrons. The zero-order valence-corrected chi connectivity index (χ0v) is 15.6. The van der Waals surface area contributed by atoms with E-state index in [1.165, 1.54) is 11.1 Å². The van der Waals surface area contributed by atoms with Gasteiger partial charge in [0.05, 0.1) is 0 Å². The third-order valence-corrected chi connectivity index (χ3v) is 3.52. The first kappa shape index (κ1) is 19.3. The Morgan fingerprint density at radius 3 is 2.57 bits per heavy atom. The van der Waals surface area contributed by atoms with Crippen molar-refractivity contribution in [2.75, 3.05) is 6.54 Å². The van der Waals surface area contributed by atoms with Gasteiger partial charge in [0.25, 0.3) is 0 Å². The summed E-state index contributed by atoms with van der Waals surface area (Å²) >= 11 is 0. The third-order valence-electron chi connectivity index (χ3n) is 3.52. The van der Waals surface area contributed by atoms with E-state index in [2.05, 4.69) is 95.2 Å². The first-order chi connectivity index (χ1) is 10.7. The van der Waals surface area contributed by atoms with E-state index in [0.717, 1.165) is 18.7 Å². The molecule has 0 N–H and O–H groups in total. The standard InChI is InChI=1S/C22H31N/c1-18(2)21-13-11-12-20(16-21)17-23(19(3)4)15-10-8-9-14-22(5,6)7/h8,10-13,16,19H,1,15,17H2,2-7H3. The fourth-order valence-corrected chi connectivity index (χ4v) is 2.13. The van der Waals surface area contributed by atoms with Gasteiger partial charge in [-0.1, -0.05) is 54.3 Å². The van der Waals surface area contributed by atoms with E-state index < -0.39 is 0 Å². The van der Waals surface area contributed by atoms with Crippen LogP contribution in [-0.2, 0) is 6.54 Å². The Labute approximate surface area is 143 Å². The van der Waals surface area contributed by atoms with Gasteiger partial charge in [-0.2, -0.15) is 0 Å². The molecule has 0 amide bonds. The van der Waals surface area contributed by atoms with Crippen LogP contribution in [0.25, 0.3) is 5.57 Å². The minimum Gasteiger partial charge on any atom is -0.293 e. The second-order valence-electron chi connectivity index (χ2n) is 7.43. The lowest BCUT2D eigenvalue weighted by atomic mass is 9.98. The smallest absolute Gasteiger partial charge is 0.0239 e. The van der Waals surface area contributed by atoms with Crippen molar-refractivity contribution in [3.8, 4) is 11.8 Å². The first-order valence-electron chi connectivity index (χ1n) is 8.35. The number of allylic oxidation sites excluding steroid dienone is 2. The highest BCUT2D eigenvalue weighted by molar-refractivity contribution is 5.61. The summed E-state index contributed by atoms with van der Waals surface area (Å²) in [5.41, 5.74) is 3.72. The molecule has 0 radical (unpaired) electrons. The van der Waals surface area contributed by atoms with Crippen LogP contribution in [0, 0.1) is 17.3 Å². The topological polar surface area (TPSA) is 3.24 Å². The Kier molecular flexibility index (Phi) is 7.33. The molecule has 0 heterocycles. The molecule has 0 unspecified atom stereocenters. The zero-order valence-electron chi connectivity index (χ0n) is 15.6. The van der Waals surface area contributed by atoms with Crippen molar-refractivity contribution in [1.29, 1.82) is 0 Å². The molecule has 0 atom stereocenters. The summed E-state index contributed by atoms with van der Waals surface area (Å²) in [4.78, 5) is 2.44. The van der Waals surface area contributed by atoms with Crippen LogP contribution < -0.4 is 0 Å². The predicted octanol–water partition coefficient (Wildman–Crippen LogP) is 5.54. The van der Waals surface area contributed by atoms with E-state index in [4.69, 9.17) is 0 Å². The molecular formula is C22H31N. The molecule has 1 aromatic carbocycles. The summed E-state index contributed by atoms with van der Waals surface area (Å²) in [7, 11) is 0. The summed E-state index contributed by atoms with van der Waals surface area (Å²) in [6.07, 6.45) is 4.13. The maximum absolute atomic E-state index is 4.03. The highest BCUT2D eigenvalue weighted by atomic mass is 15.1. The molecule has 1 rings (SSSR count). The fourth-order valence-electron chi connectivity index (χ4n) is 2.13. The van der Waals surface area contributed by atoms with Crippen molar-refractivity contribution in [3.63, 3.8) is 0 Å². The molecule has 0 fully saturated rings. The molecule has 23 heavy (non-hydrogen) atoms. The molecule has 0 spiro atoms. The van der Waals surface area contributed by atoms with Crippen molar-refractivity contribution in [2.24, 2.45) is 5.41 Å². The van der Waals surface area contributed by atoms with Gasteiger partial charge in [0, 0.05) is 24.5 Å². The fraction of sp³-hybridized carbons (Fsp3) is 0.455. The molecule has 0 aromatic heterocycles. The zero-order chi connectivity index (χ0) is 17.5. The maximum atomic E-state index is 4.03. The highest BCUT2D eigenvalue weighted by Crippen LogP contribution is 2.16. The van der Waals surface area contributed by atoms with Gasteiger partial charge in [-0.15, -0.1) is 0 Å². The Hall–Kier alpha value is -1.78. The van der Waals surface area contributed by atoms with Crippen molar-refractivity contribution < 1.29 is 0 Å². The molecule has 1 heteroatoms. The second-order valence-corrected chi connectivity index (χ2v) is 7.43. The van der Waals surface area contributed by atoms with Crippen molar-refractivity contribution in [2.45, 2.75) is 54.1 Å². The van der Waals surface area contributed by atoms with Crippen LogP contribution in [0.1, 0.15) is 52.7 Å². The van der Waals surface area contributed by atoms with E-state index >= 15 is 0 Å². The summed E-state index contributed by atoms with van der Waals surface area (Å²) < 4.78 is 0. The second kappa shape index (κ2) is 8.75. The third kappa shape index (κ3) is 7.86. The normalized spacial score (nSPS) is 11.8. The van der Waals surface area contributed by atoms with Gasteiger partial charge >= 0.3 is 0 Å². The minimum absolute atomic E-state index is 0.0606. The van der Waals surface area contributed by atoms with Gasteiger partial charge in [-0.05, 0) is 58.7 Å². The first-order valence-corrected chi connectivity index (χ1v) is 8.35. The maximum Gasteiger partial charge on any atom is 0.0239 e. The van der Waals surface area contributed by atoms with Crippen LogP contribution in [0.3, 0.4) is 0 Å². The van der Waals surface area contributed by atoms with E-state index in [0.29, 0.717) is 6.04 Å². The SMILES string of the molecule is C=C(C)c1cccc(CN(CC=CC#CC(C)(C)C)C(C)C)c1. The number of rotatable bonds is 6. The minimum atomic E-state index is 0.0606. The Morgan fingerprint density at radius 2 is 2.00 bits per heavy atom. The van der Waals surface area contributed by atoms with Gasteiger partial charge in [0.15, 0.2) is 0 Å². The Bertz CT molecular complexity index is 603. The van der Waals surface area contributed by atoms with Gasteiger partial charge in [-0.25, -0.2) is 0 Å². The van der Waals surface area contributed by atoms with E-state index in [1.54, 1.807) is 0 Å². The lowest BCUT2D eigenvalue weighted by molar-refractivity contribution is 0.237. The van der Waals surface area contributed by atoms with Crippen molar-refractivity contribution >= 4 is 5.57 Å². The van der Waals surface area contributed by atoms with Crippen LogP contribution in [0.5, 0.6) is 0 Å². The van der Waals surface area contributed by atoms with E-state index in [-0.39, 0.29) is 5.41 Å². The van der Waals surface area contributed by atoms with Gasteiger partial charge < -0.3 is 0 Å². The molecule has 0 aliphatic heterocycles. The molecule has 0 saturated heterocycles. The number of hydrogen-bond acceptors (Lipinski definition) is 1. The summed E-state index contributed by atoms with van der Waals surface area (Å²) in [6.45, 7) is 18.8. The van der Waals surface area contributed by atoms with Crippen LogP contribution in [-0.4, -0.2) is 17.5 Å². The van der Waals surface area contributed by atoms with Crippen LogP contribution in [0.2, 0.25) is 0 Å². The predicted molar refractivity (Wildman–Crippen MR) is 103 cm³/mol. The van der Waals surface area contributed by atoms with Crippen LogP contribution in [0.15, 0.2) is 43.0 Å². The molecule has 0 aliphatic rings. The number of nitrogens with zero attached hydrogens (tertiary/aromatic N) is 1. The van der Waals surface area contributed by atoms with Crippen molar-refractivity contribution in [1.82, 2.24) is 4.90 Å². The van der Waals surface area contributed by atoms with Gasteiger partial charge in [-0.3, -0.25) is 4.90 Å². The summed E-state index contributed by atoms with van der Waals surface area (Å²) in [5, 5.41) is 0. The van der Waals surface area contributed by atoms with Crippen LogP contribution in [0.4, 0.5) is 0 Å². The monoisotopic (exact) mass is 309 g/mol. The van der Waals surface area contributed by atoms with E-state index in [1.807, 2.05) is 6.08 Å². The molecule has 0 saturated carbocycles. The molecule has 1 aromatic rings. The van der Waals surface area contributed by atoms with Gasteiger partial charge in [0.1, 0.15) is 0 Å². The lowest BCUT2D eigenvalue weighted by Gasteiger charge is -2.25. The van der Waals surface area contributed by atoms with Crippen molar-refractivity contribution in [3.05, 3.63) is 54.1 Å². The molecule has 0 aliphatic carbocycles. The largest absolute Gasteiger partial charge is 0.293 e. The molecule has 1 nitrogen and oxygen atoms in total. The molecular weight excluding hydrogens is 278 g/mol. The number of benzene rings is 1. The van der Waals surface area contributed by atoms with E-state index in [9.17, 15) is 0 Å². The molecule has 0 bridgehead atoms. The average Bonchev–Trinajstić information content (AvgIpc) is 2.44. The summed E-state index contributed by atoms with van der Waals surface area (Å²) in [6, 6.07) is 9.14.